The number of hydrogen-bond donors (Lipinski definition) is 2. The summed E-state index contributed by atoms with van der Waals surface area (Å²) in [6.07, 6.45) is 1.84. The first-order valence-electron chi connectivity index (χ1n) is 6.47. The summed E-state index contributed by atoms with van der Waals surface area (Å²) in [5.74, 6) is 0. The van der Waals surface area contributed by atoms with Crippen LogP contribution in [0.15, 0.2) is 39.4 Å². The second-order valence-corrected chi connectivity index (χ2v) is 5.84. The fraction of sp³-hybridized carbons (Fsp3) is 0.357. The molecule has 0 spiro atoms. The highest BCUT2D eigenvalue weighted by atomic mass is 32.2. The lowest BCUT2D eigenvalue weighted by atomic mass is 10.2. The monoisotopic (exact) mass is 290 g/mol. The lowest BCUT2D eigenvalue weighted by molar-refractivity contribution is 0.587. The van der Waals surface area contributed by atoms with Crippen LogP contribution in [0.3, 0.4) is 0 Å². The Morgan fingerprint density at radius 2 is 2.20 bits per heavy atom. The first-order valence-corrected chi connectivity index (χ1v) is 7.29. The quantitative estimate of drug-likeness (QED) is 0.825. The highest BCUT2D eigenvalue weighted by Gasteiger charge is 2.03. The van der Waals surface area contributed by atoms with E-state index in [1.807, 2.05) is 18.3 Å². The van der Waals surface area contributed by atoms with Crippen molar-refractivity contribution in [3.8, 4) is 0 Å². The van der Waals surface area contributed by atoms with Gasteiger partial charge in [-0.05, 0) is 30.3 Å². The lowest BCUT2D eigenvalue weighted by Gasteiger charge is -2.08. The van der Waals surface area contributed by atoms with Gasteiger partial charge in [-0.1, -0.05) is 19.9 Å². The molecule has 0 fully saturated rings. The molecular formula is C14H18N4OS. The molecule has 2 heterocycles. The molecule has 2 N–H and O–H groups in total. The molecule has 5 nitrogen and oxygen atoms in total. The maximum atomic E-state index is 11.4. The molecule has 0 amide bonds. The van der Waals surface area contributed by atoms with Gasteiger partial charge in [-0.3, -0.25) is 4.79 Å². The third-order valence-corrected chi connectivity index (χ3v) is 3.40. The van der Waals surface area contributed by atoms with Gasteiger partial charge in [0.25, 0.3) is 5.56 Å². The van der Waals surface area contributed by atoms with Crippen molar-refractivity contribution in [2.24, 2.45) is 0 Å². The fourth-order valence-electron chi connectivity index (χ4n) is 1.60. The van der Waals surface area contributed by atoms with Gasteiger partial charge in [0.1, 0.15) is 5.03 Å². The highest BCUT2D eigenvalue weighted by molar-refractivity contribution is 7.99. The number of H-pyrrole nitrogens is 1. The van der Waals surface area contributed by atoms with E-state index in [-0.39, 0.29) is 5.56 Å². The molecule has 2 rings (SSSR count). The molecule has 0 unspecified atom stereocenters. The van der Waals surface area contributed by atoms with Crippen molar-refractivity contribution in [3.63, 3.8) is 0 Å². The van der Waals surface area contributed by atoms with E-state index in [0.717, 1.165) is 17.1 Å². The number of rotatable bonds is 5. The molecule has 0 saturated heterocycles. The van der Waals surface area contributed by atoms with E-state index in [0.29, 0.717) is 16.9 Å². The van der Waals surface area contributed by atoms with Crippen molar-refractivity contribution in [2.45, 2.75) is 43.5 Å². The van der Waals surface area contributed by atoms with Crippen LogP contribution in [-0.4, -0.2) is 21.0 Å². The number of nitrogens with zero attached hydrogens (tertiary/aromatic N) is 2. The van der Waals surface area contributed by atoms with Crippen molar-refractivity contribution < 1.29 is 0 Å². The topological polar surface area (TPSA) is 70.7 Å². The maximum absolute atomic E-state index is 11.4. The summed E-state index contributed by atoms with van der Waals surface area (Å²) in [6.45, 7) is 6.82. The number of aromatic nitrogens is 3. The maximum Gasteiger partial charge on any atom is 0.251 e. The Labute approximate surface area is 122 Å². The summed E-state index contributed by atoms with van der Waals surface area (Å²) >= 11 is 1.35. The lowest BCUT2D eigenvalue weighted by Crippen LogP contribution is -2.21. The number of pyridine rings is 1. The molecule has 0 radical (unpaired) electrons. The van der Waals surface area contributed by atoms with E-state index in [2.05, 4.69) is 34.1 Å². The minimum Gasteiger partial charge on any atom is -0.310 e. The average molecular weight is 290 g/mol. The number of aryl methyl sites for hydroxylation is 1. The van der Waals surface area contributed by atoms with E-state index in [9.17, 15) is 4.79 Å². The molecule has 2 aromatic heterocycles. The van der Waals surface area contributed by atoms with Gasteiger partial charge in [0.2, 0.25) is 0 Å². The van der Waals surface area contributed by atoms with Gasteiger partial charge in [-0.15, -0.1) is 0 Å². The molecular weight excluding hydrogens is 272 g/mol. The van der Waals surface area contributed by atoms with E-state index >= 15 is 0 Å². The van der Waals surface area contributed by atoms with Gasteiger partial charge in [0.15, 0.2) is 5.16 Å². The van der Waals surface area contributed by atoms with Crippen LogP contribution in [0.4, 0.5) is 0 Å². The summed E-state index contributed by atoms with van der Waals surface area (Å²) in [6, 6.07) is 5.88. The molecule has 0 aliphatic heterocycles. The second kappa shape index (κ2) is 6.67. The normalized spacial score (nSPS) is 11.0. The molecule has 0 aliphatic rings. The van der Waals surface area contributed by atoms with Crippen LogP contribution in [0.5, 0.6) is 0 Å². The van der Waals surface area contributed by atoms with Crippen LogP contribution in [-0.2, 0) is 6.54 Å². The third kappa shape index (κ3) is 4.47. The summed E-state index contributed by atoms with van der Waals surface area (Å²) < 4.78 is 0. The van der Waals surface area contributed by atoms with Gasteiger partial charge >= 0.3 is 0 Å². The van der Waals surface area contributed by atoms with Crippen LogP contribution in [0.1, 0.15) is 25.1 Å². The average Bonchev–Trinajstić information content (AvgIpc) is 2.36. The van der Waals surface area contributed by atoms with Gasteiger partial charge in [-0.2, -0.15) is 0 Å². The van der Waals surface area contributed by atoms with E-state index < -0.39 is 0 Å². The predicted molar refractivity (Wildman–Crippen MR) is 79.9 cm³/mol. The van der Waals surface area contributed by atoms with E-state index in [1.165, 1.54) is 17.8 Å². The summed E-state index contributed by atoms with van der Waals surface area (Å²) in [5, 5.41) is 4.72. The number of hydrogen-bond acceptors (Lipinski definition) is 5. The molecule has 0 atom stereocenters. The second-order valence-electron chi connectivity index (χ2n) is 4.83. The Morgan fingerprint density at radius 1 is 1.40 bits per heavy atom. The third-order valence-electron chi connectivity index (χ3n) is 2.56. The molecule has 0 saturated carbocycles. The molecule has 0 aliphatic carbocycles. The standard InChI is InChI=1S/C14H18N4OS/c1-9(2)15-7-11-4-5-13(16-8-11)20-14-17-10(3)6-12(19)18-14/h4-6,8-9,15H,7H2,1-3H3,(H,17,18,19). The van der Waals surface area contributed by atoms with Crippen molar-refractivity contribution in [2.75, 3.05) is 0 Å². The molecule has 2 aromatic rings. The highest BCUT2D eigenvalue weighted by Crippen LogP contribution is 2.21. The van der Waals surface area contributed by atoms with Gasteiger partial charge < -0.3 is 10.3 Å². The predicted octanol–water partition coefficient (Wildman–Crippen LogP) is 2.12. The zero-order valence-electron chi connectivity index (χ0n) is 11.8. The van der Waals surface area contributed by atoms with Crippen LogP contribution in [0, 0.1) is 6.92 Å². The molecule has 0 bridgehead atoms. The number of nitrogens with one attached hydrogen (secondary N) is 2. The van der Waals surface area contributed by atoms with Crippen molar-refractivity contribution in [1.29, 1.82) is 0 Å². The largest absolute Gasteiger partial charge is 0.310 e. The summed E-state index contributed by atoms with van der Waals surface area (Å²) in [5.41, 5.74) is 1.69. The van der Waals surface area contributed by atoms with Gasteiger partial charge in [-0.25, -0.2) is 9.97 Å². The summed E-state index contributed by atoms with van der Waals surface area (Å²) in [4.78, 5) is 22.7. The van der Waals surface area contributed by atoms with Crippen molar-refractivity contribution in [1.82, 2.24) is 20.3 Å². The van der Waals surface area contributed by atoms with E-state index in [4.69, 9.17) is 0 Å². The zero-order chi connectivity index (χ0) is 14.5. The Bertz CT molecular complexity index is 622. The fourth-order valence-corrected chi connectivity index (χ4v) is 2.38. The van der Waals surface area contributed by atoms with Gasteiger partial charge in [0, 0.05) is 30.5 Å². The minimum atomic E-state index is -0.141. The first kappa shape index (κ1) is 14.7. The van der Waals surface area contributed by atoms with Crippen LogP contribution in [0.25, 0.3) is 0 Å². The number of aromatic amines is 1. The zero-order valence-corrected chi connectivity index (χ0v) is 12.6. The SMILES string of the molecule is Cc1cc(=O)[nH]c(Sc2ccc(CNC(C)C)cn2)n1. The van der Waals surface area contributed by atoms with Crippen LogP contribution in [0.2, 0.25) is 0 Å². The smallest absolute Gasteiger partial charge is 0.251 e. The Balaban J connectivity index is 2.05. The molecule has 6 heteroatoms. The Hall–Kier alpha value is -1.66. The minimum absolute atomic E-state index is 0.141. The first-order chi connectivity index (χ1) is 9.52. The molecule has 106 valence electrons. The molecule has 20 heavy (non-hydrogen) atoms. The van der Waals surface area contributed by atoms with Crippen molar-refractivity contribution >= 4 is 11.8 Å². The van der Waals surface area contributed by atoms with Crippen LogP contribution >= 0.6 is 11.8 Å². The van der Waals surface area contributed by atoms with Crippen LogP contribution < -0.4 is 10.9 Å². The van der Waals surface area contributed by atoms with Gasteiger partial charge in [0.05, 0.1) is 0 Å². The Kier molecular flexibility index (Phi) is 4.92. The van der Waals surface area contributed by atoms with E-state index in [1.54, 1.807) is 6.92 Å². The summed E-state index contributed by atoms with van der Waals surface area (Å²) in [7, 11) is 0. The Morgan fingerprint density at radius 3 is 2.80 bits per heavy atom. The van der Waals surface area contributed by atoms with Crippen molar-refractivity contribution in [3.05, 3.63) is 46.0 Å². The molecule has 0 aromatic carbocycles.